The van der Waals surface area contributed by atoms with Crippen LogP contribution in [0.25, 0.3) is 0 Å². The normalized spacial score (nSPS) is 14.2. The number of carbonyl (C=O) groups excluding carboxylic acids is 2. The highest BCUT2D eigenvalue weighted by Crippen LogP contribution is 2.15. The van der Waals surface area contributed by atoms with E-state index in [9.17, 15) is 9.59 Å². The standard InChI is InChI=1S/C21H24N2O3/c1-16-5-3-7-18(13-16)21(25)23-11-9-22(10-12-23)20(24)15-17-6-4-8-19(14-17)26-2/h3-8,13-14H,9-12,15H2,1-2H3. The summed E-state index contributed by atoms with van der Waals surface area (Å²) in [5.74, 6) is 0.873. The van der Waals surface area contributed by atoms with Crippen LogP contribution >= 0.6 is 0 Å². The number of hydrogen-bond acceptors (Lipinski definition) is 3. The maximum Gasteiger partial charge on any atom is 0.253 e. The molecule has 1 heterocycles. The van der Waals surface area contributed by atoms with Gasteiger partial charge in [-0.15, -0.1) is 0 Å². The molecule has 0 N–H and O–H groups in total. The van der Waals surface area contributed by atoms with Crippen LogP contribution in [0.2, 0.25) is 0 Å². The van der Waals surface area contributed by atoms with Gasteiger partial charge in [0.25, 0.3) is 5.91 Å². The molecular weight excluding hydrogens is 328 g/mol. The van der Waals surface area contributed by atoms with Crippen molar-refractivity contribution >= 4 is 11.8 Å². The molecule has 26 heavy (non-hydrogen) atoms. The fourth-order valence-corrected chi connectivity index (χ4v) is 3.19. The van der Waals surface area contributed by atoms with Gasteiger partial charge >= 0.3 is 0 Å². The summed E-state index contributed by atoms with van der Waals surface area (Å²) in [5.41, 5.74) is 2.72. The van der Waals surface area contributed by atoms with Crippen molar-refractivity contribution in [2.45, 2.75) is 13.3 Å². The molecule has 0 aliphatic carbocycles. The number of hydrogen-bond donors (Lipinski definition) is 0. The summed E-state index contributed by atoms with van der Waals surface area (Å²) in [6, 6.07) is 15.2. The van der Waals surface area contributed by atoms with Crippen LogP contribution in [-0.4, -0.2) is 54.9 Å². The fraction of sp³-hybridized carbons (Fsp3) is 0.333. The van der Waals surface area contributed by atoms with Crippen molar-refractivity contribution in [2.24, 2.45) is 0 Å². The quantitative estimate of drug-likeness (QED) is 0.850. The summed E-state index contributed by atoms with van der Waals surface area (Å²) in [6.07, 6.45) is 0.350. The zero-order chi connectivity index (χ0) is 18.5. The minimum Gasteiger partial charge on any atom is -0.497 e. The Morgan fingerprint density at radius 3 is 2.35 bits per heavy atom. The second kappa shape index (κ2) is 8.04. The molecule has 2 aromatic rings. The number of methoxy groups -OCH3 is 1. The summed E-state index contributed by atoms with van der Waals surface area (Å²) in [6.45, 7) is 4.25. The molecule has 0 saturated carbocycles. The van der Waals surface area contributed by atoms with Crippen molar-refractivity contribution in [3.8, 4) is 5.75 Å². The van der Waals surface area contributed by atoms with Crippen LogP contribution in [0.1, 0.15) is 21.5 Å². The number of piperazine rings is 1. The predicted octanol–water partition coefficient (Wildman–Crippen LogP) is 2.53. The lowest BCUT2D eigenvalue weighted by molar-refractivity contribution is -0.131. The Labute approximate surface area is 154 Å². The van der Waals surface area contributed by atoms with Crippen LogP contribution in [0.15, 0.2) is 48.5 Å². The molecule has 0 aromatic heterocycles. The zero-order valence-electron chi connectivity index (χ0n) is 15.3. The Kier molecular flexibility index (Phi) is 5.56. The van der Waals surface area contributed by atoms with Gasteiger partial charge in [0.2, 0.25) is 5.91 Å². The number of benzene rings is 2. The summed E-state index contributed by atoms with van der Waals surface area (Å²) >= 11 is 0. The maximum atomic E-state index is 12.6. The molecule has 0 atom stereocenters. The second-order valence-electron chi connectivity index (χ2n) is 6.57. The van der Waals surface area contributed by atoms with Crippen molar-refractivity contribution in [3.05, 3.63) is 65.2 Å². The number of nitrogens with zero attached hydrogens (tertiary/aromatic N) is 2. The van der Waals surface area contributed by atoms with Crippen LogP contribution in [0.4, 0.5) is 0 Å². The Morgan fingerprint density at radius 1 is 0.962 bits per heavy atom. The largest absolute Gasteiger partial charge is 0.497 e. The molecule has 3 rings (SSSR count). The molecule has 2 aromatic carbocycles. The van der Waals surface area contributed by atoms with Crippen molar-refractivity contribution in [1.82, 2.24) is 9.80 Å². The van der Waals surface area contributed by atoms with Gasteiger partial charge < -0.3 is 14.5 Å². The smallest absolute Gasteiger partial charge is 0.253 e. The highest BCUT2D eigenvalue weighted by molar-refractivity contribution is 5.94. The van der Waals surface area contributed by atoms with Crippen LogP contribution in [0.5, 0.6) is 5.75 Å². The Morgan fingerprint density at radius 2 is 1.65 bits per heavy atom. The van der Waals surface area contributed by atoms with E-state index in [1.54, 1.807) is 7.11 Å². The number of ether oxygens (including phenoxy) is 1. The number of aryl methyl sites for hydroxylation is 1. The van der Waals surface area contributed by atoms with E-state index in [1.165, 1.54) is 0 Å². The third-order valence-electron chi connectivity index (χ3n) is 4.67. The van der Waals surface area contributed by atoms with Gasteiger partial charge in [-0.25, -0.2) is 0 Å². The zero-order valence-corrected chi connectivity index (χ0v) is 15.3. The molecular formula is C21H24N2O3. The minimum absolute atomic E-state index is 0.0357. The van der Waals surface area contributed by atoms with Gasteiger partial charge in [0.05, 0.1) is 13.5 Å². The first kappa shape index (κ1) is 18.0. The molecule has 0 unspecified atom stereocenters. The average Bonchev–Trinajstić information content (AvgIpc) is 2.67. The first-order valence-electron chi connectivity index (χ1n) is 8.83. The van der Waals surface area contributed by atoms with E-state index >= 15 is 0 Å². The van der Waals surface area contributed by atoms with Gasteiger partial charge in [0.1, 0.15) is 5.75 Å². The summed E-state index contributed by atoms with van der Waals surface area (Å²) < 4.78 is 5.20. The fourth-order valence-electron chi connectivity index (χ4n) is 3.19. The first-order chi connectivity index (χ1) is 12.6. The third kappa shape index (κ3) is 4.23. The van der Waals surface area contributed by atoms with Gasteiger partial charge in [-0.3, -0.25) is 9.59 Å². The molecule has 5 nitrogen and oxygen atoms in total. The van der Waals surface area contributed by atoms with Crippen LogP contribution in [0.3, 0.4) is 0 Å². The second-order valence-corrected chi connectivity index (χ2v) is 6.57. The lowest BCUT2D eigenvalue weighted by Gasteiger charge is -2.35. The van der Waals surface area contributed by atoms with E-state index in [4.69, 9.17) is 4.74 Å². The first-order valence-corrected chi connectivity index (χ1v) is 8.83. The highest BCUT2D eigenvalue weighted by atomic mass is 16.5. The monoisotopic (exact) mass is 352 g/mol. The van der Waals surface area contributed by atoms with E-state index in [2.05, 4.69) is 0 Å². The molecule has 5 heteroatoms. The van der Waals surface area contributed by atoms with E-state index in [0.717, 1.165) is 16.9 Å². The van der Waals surface area contributed by atoms with Crippen molar-refractivity contribution in [2.75, 3.05) is 33.3 Å². The molecule has 1 aliphatic rings. The van der Waals surface area contributed by atoms with Crippen molar-refractivity contribution in [3.63, 3.8) is 0 Å². The van der Waals surface area contributed by atoms with E-state index < -0.39 is 0 Å². The van der Waals surface area contributed by atoms with Crippen molar-refractivity contribution in [1.29, 1.82) is 0 Å². The summed E-state index contributed by atoms with van der Waals surface area (Å²) in [4.78, 5) is 28.8. The Balaban J connectivity index is 1.56. The van der Waals surface area contributed by atoms with Gasteiger partial charge in [0.15, 0.2) is 0 Å². The Hall–Kier alpha value is -2.82. The molecule has 1 aliphatic heterocycles. The lowest BCUT2D eigenvalue weighted by atomic mass is 10.1. The lowest BCUT2D eigenvalue weighted by Crippen LogP contribution is -2.51. The molecule has 0 radical (unpaired) electrons. The minimum atomic E-state index is 0.0357. The maximum absolute atomic E-state index is 12.6. The molecule has 0 spiro atoms. The summed E-state index contributed by atoms with van der Waals surface area (Å²) in [7, 11) is 1.62. The number of rotatable bonds is 4. The average molecular weight is 352 g/mol. The van der Waals surface area contributed by atoms with Gasteiger partial charge in [-0.1, -0.05) is 29.8 Å². The Bertz CT molecular complexity index is 795. The highest BCUT2D eigenvalue weighted by Gasteiger charge is 2.24. The van der Waals surface area contributed by atoms with E-state index in [0.29, 0.717) is 38.2 Å². The van der Waals surface area contributed by atoms with Crippen LogP contribution in [-0.2, 0) is 11.2 Å². The van der Waals surface area contributed by atoms with E-state index in [-0.39, 0.29) is 11.8 Å². The predicted molar refractivity (Wildman–Crippen MR) is 100 cm³/mol. The SMILES string of the molecule is COc1cccc(CC(=O)N2CCN(C(=O)c3cccc(C)c3)CC2)c1. The van der Waals surface area contributed by atoms with Crippen LogP contribution < -0.4 is 4.74 Å². The van der Waals surface area contributed by atoms with Gasteiger partial charge in [0, 0.05) is 31.7 Å². The van der Waals surface area contributed by atoms with Crippen LogP contribution in [0, 0.1) is 6.92 Å². The molecule has 0 bridgehead atoms. The molecule has 2 amide bonds. The summed E-state index contributed by atoms with van der Waals surface area (Å²) in [5, 5.41) is 0. The number of carbonyl (C=O) groups is 2. The van der Waals surface area contributed by atoms with Gasteiger partial charge in [-0.05, 0) is 36.8 Å². The van der Waals surface area contributed by atoms with Gasteiger partial charge in [-0.2, -0.15) is 0 Å². The topological polar surface area (TPSA) is 49.9 Å². The van der Waals surface area contributed by atoms with Crippen molar-refractivity contribution < 1.29 is 14.3 Å². The van der Waals surface area contributed by atoms with E-state index in [1.807, 2.05) is 65.3 Å². The molecule has 1 fully saturated rings. The number of amides is 2. The molecule has 1 saturated heterocycles. The third-order valence-corrected chi connectivity index (χ3v) is 4.67. The molecule has 136 valence electrons.